The van der Waals surface area contributed by atoms with Gasteiger partial charge in [-0.1, -0.05) is 30.9 Å². The fourth-order valence-electron chi connectivity index (χ4n) is 2.16. The molecule has 0 aliphatic carbocycles. The number of rotatable bonds is 6. The van der Waals surface area contributed by atoms with E-state index in [2.05, 4.69) is 17.2 Å². The minimum Gasteiger partial charge on any atom is -0.489 e. The number of ether oxygens (including phenoxy) is 1. The Hall–Kier alpha value is -1.56. The predicted octanol–water partition coefficient (Wildman–Crippen LogP) is 1.01. The summed E-state index contributed by atoms with van der Waals surface area (Å²) in [7, 11) is 0. The number of hydrogen-bond donors (Lipinski definition) is 3. The van der Waals surface area contributed by atoms with Crippen LogP contribution < -0.4 is 15.4 Å². The van der Waals surface area contributed by atoms with Crippen molar-refractivity contribution in [2.24, 2.45) is 0 Å². The van der Waals surface area contributed by atoms with Crippen LogP contribution in [0.3, 0.4) is 0 Å². The zero-order valence-corrected chi connectivity index (χ0v) is 12.6. The maximum absolute atomic E-state index is 11.9. The van der Waals surface area contributed by atoms with Gasteiger partial charge in [0.2, 0.25) is 5.91 Å². The Labute approximate surface area is 130 Å². The fourth-order valence-corrected chi connectivity index (χ4v) is 2.16. The maximum atomic E-state index is 11.9. The highest BCUT2D eigenvalue weighted by atomic mass is 35.5. The first kappa shape index (κ1) is 17.5. The lowest BCUT2D eigenvalue weighted by Crippen LogP contribution is -2.40. The fraction of sp³-hybridized carbons (Fsp3) is 0.400. The number of β-amino-alcohol motifs (C(OH)–C–C–N with tert-alkyl or cyclic N) is 1. The first-order valence-electron chi connectivity index (χ1n) is 6.71. The topological polar surface area (TPSA) is 70.6 Å². The highest BCUT2D eigenvalue weighted by Gasteiger charge is 2.27. The van der Waals surface area contributed by atoms with E-state index >= 15 is 0 Å². The molecule has 0 saturated carbocycles. The molecule has 1 aliphatic rings. The Balaban J connectivity index is 0.00000220. The summed E-state index contributed by atoms with van der Waals surface area (Å²) in [6, 6.07) is 7.25. The van der Waals surface area contributed by atoms with Crippen LogP contribution in [0.25, 0.3) is 0 Å². The molecule has 1 saturated heterocycles. The van der Waals surface area contributed by atoms with Crippen LogP contribution in [0.2, 0.25) is 0 Å². The number of aliphatic hydroxyl groups excluding tert-OH is 1. The molecular formula is C15H21ClN2O3. The standard InChI is InChI=1S/C15H20N2O3.ClH/c1-2-7-20-14-6-4-3-5-11(14)9-17-15(19)13-8-12(18)10-16-13;/h2-6,12-13,16,18H,1,7-10H2,(H,17,19);1H. The highest BCUT2D eigenvalue weighted by Crippen LogP contribution is 2.18. The van der Waals surface area contributed by atoms with Crippen LogP contribution in [0.15, 0.2) is 36.9 Å². The van der Waals surface area contributed by atoms with Gasteiger partial charge < -0.3 is 20.5 Å². The normalized spacial score (nSPS) is 20.4. The van der Waals surface area contributed by atoms with E-state index in [1.165, 1.54) is 0 Å². The van der Waals surface area contributed by atoms with Gasteiger partial charge in [0.15, 0.2) is 0 Å². The van der Waals surface area contributed by atoms with E-state index in [1.807, 2.05) is 24.3 Å². The second-order valence-electron chi connectivity index (χ2n) is 4.78. The average Bonchev–Trinajstić information content (AvgIpc) is 2.90. The molecule has 116 valence electrons. The molecule has 6 heteroatoms. The number of amides is 1. The smallest absolute Gasteiger partial charge is 0.237 e. The SMILES string of the molecule is C=CCOc1ccccc1CNC(=O)C1CC(O)CN1.Cl. The lowest BCUT2D eigenvalue weighted by atomic mass is 10.1. The second kappa shape index (κ2) is 8.67. The average molecular weight is 313 g/mol. The summed E-state index contributed by atoms with van der Waals surface area (Å²) in [5.74, 6) is 0.646. The lowest BCUT2D eigenvalue weighted by molar-refractivity contribution is -0.123. The third-order valence-electron chi connectivity index (χ3n) is 3.21. The molecule has 1 amide bonds. The Kier molecular flexibility index (Phi) is 7.22. The molecule has 2 unspecified atom stereocenters. The maximum Gasteiger partial charge on any atom is 0.237 e. The molecule has 1 aromatic rings. The number of carbonyl (C=O) groups is 1. The van der Waals surface area contributed by atoms with Crippen molar-refractivity contribution in [3.8, 4) is 5.75 Å². The lowest BCUT2D eigenvalue weighted by Gasteiger charge is -2.13. The quantitative estimate of drug-likeness (QED) is 0.686. The van der Waals surface area contributed by atoms with Gasteiger partial charge in [-0.25, -0.2) is 0 Å². The Morgan fingerprint density at radius 3 is 2.95 bits per heavy atom. The third kappa shape index (κ3) is 5.04. The molecule has 21 heavy (non-hydrogen) atoms. The van der Waals surface area contributed by atoms with Crippen LogP contribution in [0.1, 0.15) is 12.0 Å². The molecule has 0 spiro atoms. The van der Waals surface area contributed by atoms with E-state index < -0.39 is 6.10 Å². The van der Waals surface area contributed by atoms with Gasteiger partial charge in [-0.2, -0.15) is 0 Å². The molecule has 0 bridgehead atoms. The summed E-state index contributed by atoms with van der Waals surface area (Å²) in [6.45, 7) is 4.92. The van der Waals surface area contributed by atoms with Gasteiger partial charge in [-0.05, 0) is 12.5 Å². The molecule has 0 radical (unpaired) electrons. The Morgan fingerprint density at radius 2 is 2.29 bits per heavy atom. The molecule has 1 aliphatic heterocycles. The van der Waals surface area contributed by atoms with Gasteiger partial charge in [-0.3, -0.25) is 4.79 Å². The number of halogens is 1. The van der Waals surface area contributed by atoms with Crippen molar-refractivity contribution in [2.75, 3.05) is 13.2 Å². The van der Waals surface area contributed by atoms with Crippen molar-refractivity contribution in [1.82, 2.24) is 10.6 Å². The monoisotopic (exact) mass is 312 g/mol. The summed E-state index contributed by atoms with van der Waals surface area (Å²) in [5, 5.41) is 15.2. The number of nitrogens with one attached hydrogen (secondary N) is 2. The van der Waals surface area contributed by atoms with Gasteiger partial charge in [0.05, 0.1) is 12.1 Å². The molecular weight excluding hydrogens is 292 g/mol. The van der Waals surface area contributed by atoms with Crippen molar-refractivity contribution in [3.05, 3.63) is 42.5 Å². The minimum absolute atomic E-state index is 0. The van der Waals surface area contributed by atoms with E-state index in [0.29, 0.717) is 26.1 Å². The highest BCUT2D eigenvalue weighted by molar-refractivity contribution is 5.85. The van der Waals surface area contributed by atoms with E-state index in [9.17, 15) is 9.90 Å². The van der Waals surface area contributed by atoms with Crippen LogP contribution in [-0.2, 0) is 11.3 Å². The molecule has 5 nitrogen and oxygen atoms in total. The van der Waals surface area contributed by atoms with Crippen LogP contribution >= 0.6 is 12.4 Å². The second-order valence-corrected chi connectivity index (χ2v) is 4.78. The van der Waals surface area contributed by atoms with Crippen LogP contribution in [0.5, 0.6) is 5.75 Å². The third-order valence-corrected chi connectivity index (χ3v) is 3.21. The summed E-state index contributed by atoms with van der Waals surface area (Å²) < 4.78 is 5.54. The molecule has 0 aromatic heterocycles. The largest absolute Gasteiger partial charge is 0.489 e. The van der Waals surface area contributed by atoms with Gasteiger partial charge in [0, 0.05) is 18.7 Å². The number of para-hydroxylation sites is 1. The van der Waals surface area contributed by atoms with Gasteiger partial charge in [-0.15, -0.1) is 12.4 Å². The van der Waals surface area contributed by atoms with Crippen molar-refractivity contribution in [1.29, 1.82) is 0 Å². The molecule has 2 atom stereocenters. The van der Waals surface area contributed by atoms with Crippen molar-refractivity contribution < 1.29 is 14.6 Å². The van der Waals surface area contributed by atoms with Gasteiger partial charge in [0.1, 0.15) is 12.4 Å². The summed E-state index contributed by atoms with van der Waals surface area (Å²) >= 11 is 0. The summed E-state index contributed by atoms with van der Waals surface area (Å²) in [6.07, 6.45) is 1.70. The molecule has 1 heterocycles. The Morgan fingerprint density at radius 1 is 1.52 bits per heavy atom. The number of hydrogen-bond acceptors (Lipinski definition) is 4. The predicted molar refractivity (Wildman–Crippen MR) is 83.6 cm³/mol. The number of benzene rings is 1. The Bertz CT molecular complexity index is 482. The molecule has 3 N–H and O–H groups in total. The van der Waals surface area contributed by atoms with Crippen LogP contribution in [0.4, 0.5) is 0 Å². The summed E-state index contributed by atoms with van der Waals surface area (Å²) in [4.78, 5) is 11.9. The van der Waals surface area contributed by atoms with Crippen molar-refractivity contribution >= 4 is 18.3 Å². The molecule has 1 fully saturated rings. The van der Waals surface area contributed by atoms with Crippen LogP contribution in [0, 0.1) is 0 Å². The first-order valence-corrected chi connectivity index (χ1v) is 6.71. The number of aliphatic hydroxyl groups is 1. The zero-order chi connectivity index (χ0) is 14.4. The van der Waals surface area contributed by atoms with E-state index in [1.54, 1.807) is 6.08 Å². The van der Waals surface area contributed by atoms with Crippen LogP contribution in [-0.4, -0.2) is 36.3 Å². The molecule has 2 rings (SSSR count). The van der Waals surface area contributed by atoms with E-state index in [4.69, 9.17) is 4.74 Å². The minimum atomic E-state index is -0.436. The van der Waals surface area contributed by atoms with Crippen molar-refractivity contribution in [2.45, 2.75) is 25.1 Å². The number of carbonyl (C=O) groups excluding carboxylic acids is 1. The van der Waals surface area contributed by atoms with E-state index in [-0.39, 0.29) is 24.4 Å². The molecule has 1 aromatic carbocycles. The van der Waals surface area contributed by atoms with E-state index in [0.717, 1.165) is 11.3 Å². The first-order chi connectivity index (χ1) is 9.70. The van der Waals surface area contributed by atoms with Crippen molar-refractivity contribution in [3.63, 3.8) is 0 Å². The summed E-state index contributed by atoms with van der Waals surface area (Å²) in [5.41, 5.74) is 0.918. The zero-order valence-electron chi connectivity index (χ0n) is 11.7. The van der Waals surface area contributed by atoms with Gasteiger partial charge in [0.25, 0.3) is 0 Å². The van der Waals surface area contributed by atoms with Gasteiger partial charge >= 0.3 is 0 Å².